The predicted octanol–water partition coefficient (Wildman–Crippen LogP) is 3.61. The number of carbonyl (C=O) groups excluding carboxylic acids is 1. The van der Waals surface area contributed by atoms with E-state index in [4.69, 9.17) is 4.74 Å². The third-order valence-corrected chi connectivity index (χ3v) is 7.49. The lowest BCUT2D eigenvalue weighted by Crippen LogP contribution is -2.52. The molecule has 1 heterocycles. The van der Waals surface area contributed by atoms with Gasteiger partial charge in [-0.25, -0.2) is 8.42 Å². The fourth-order valence-corrected chi connectivity index (χ4v) is 5.62. The lowest BCUT2D eigenvalue weighted by Gasteiger charge is -2.33. The third kappa shape index (κ3) is 6.89. The molecule has 1 atom stereocenters. The van der Waals surface area contributed by atoms with Gasteiger partial charge in [-0.15, -0.1) is 0 Å². The minimum absolute atomic E-state index is 0.0851. The molecular weight excluding hydrogens is 412 g/mol. The Kier molecular flexibility index (Phi) is 8.63. The summed E-state index contributed by atoms with van der Waals surface area (Å²) in [6, 6.07) is 17.3. The Balaban J connectivity index is 1.54. The van der Waals surface area contributed by atoms with Crippen LogP contribution < -0.4 is 5.32 Å². The van der Waals surface area contributed by atoms with Crippen LogP contribution in [0.3, 0.4) is 0 Å². The highest BCUT2D eigenvalue weighted by Crippen LogP contribution is 2.21. The molecule has 2 aromatic carbocycles. The average molecular weight is 445 g/mol. The molecule has 0 aromatic heterocycles. The standard InChI is InChI=1S/C24H32N2O4S/c1-2-15-31(28,29)26-14-7-6-13-23(26)24(27)25-17-21-11-8-12-22(16-21)19-30-18-20-9-4-3-5-10-20/h3-5,8-12,16,23H,2,6-7,13-15,17-19H2,1H3,(H,25,27). The molecule has 1 saturated heterocycles. The molecule has 0 saturated carbocycles. The summed E-state index contributed by atoms with van der Waals surface area (Å²) in [6.07, 6.45) is 2.79. The molecule has 1 unspecified atom stereocenters. The summed E-state index contributed by atoms with van der Waals surface area (Å²) >= 11 is 0. The molecule has 1 aliphatic heterocycles. The largest absolute Gasteiger partial charge is 0.372 e. The van der Waals surface area contributed by atoms with Crippen LogP contribution in [0.15, 0.2) is 54.6 Å². The predicted molar refractivity (Wildman–Crippen MR) is 122 cm³/mol. The number of benzene rings is 2. The summed E-state index contributed by atoms with van der Waals surface area (Å²) in [5, 5.41) is 2.94. The van der Waals surface area contributed by atoms with E-state index in [2.05, 4.69) is 5.32 Å². The molecule has 168 valence electrons. The average Bonchev–Trinajstić information content (AvgIpc) is 2.78. The Morgan fingerprint density at radius 1 is 1.03 bits per heavy atom. The molecule has 0 radical (unpaired) electrons. The number of ether oxygens (including phenoxy) is 1. The van der Waals surface area contributed by atoms with Crippen LogP contribution in [0.1, 0.15) is 49.3 Å². The maximum absolute atomic E-state index is 12.8. The van der Waals surface area contributed by atoms with Crippen molar-refractivity contribution in [2.24, 2.45) is 0 Å². The van der Waals surface area contributed by atoms with Crippen molar-refractivity contribution < 1.29 is 17.9 Å². The second-order valence-corrected chi connectivity index (χ2v) is 10.00. The van der Waals surface area contributed by atoms with E-state index in [-0.39, 0.29) is 11.7 Å². The zero-order chi connectivity index (χ0) is 22.1. The van der Waals surface area contributed by atoms with Crippen molar-refractivity contribution in [2.45, 2.75) is 58.4 Å². The summed E-state index contributed by atoms with van der Waals surface area (Å²) in [5.74, 6) is -0.132. The van der Waals surface area contributed by atoms with Crippen molar-refractivity contribution in [3.8, 4) is 0 Å². The first-order valence-electron chi connectivity index (χ1n) is 11.0. The minimum Gasteiger partial charge on any atom is -0.372 e. The topological polar surface area (TPSA) is 75.7 Å². The number of nitrogens with zero attached hydrogens (tertiary/aromatic N) is 1. The van der Waals surface area contributed by atoms with Gasteiger partial charge in [-0.2, -0.15) is 4.31 Å². The second kappa shape index (κ2) is 11.4. The van der Waals surface area contributed by atoms with E-state index >= 15 is 0 Å². The van der Waals surface area contributed by atoms with Gasteiger partial charge in [-0.05, 0) is 36.0 Å². The van der Waals surface area contributed by atoms with Crippen LogP contribution in [-0.4, -0.2) is 37.0 Å². The van der Waals surface area contributed by atoms with Gasteiger partial charge in [0.1, 0.15) is 6.04 Å². The van der Waals surface area contributed by atoms with Crippen LogP contribution in [0.5, 0.6) is 0 Å². The van der Waals surface area contributed by atoms with Gasteiger partial charge in [0.05, 0.1) is 19.0 Å². The lowest BCUT2D eigenvalue weighted by atomic mass is 10.0. The van der Waals surface area contributed by atoms with Crippen LogP contribution in [0, 0.1) is 0 Å². The van der Waals surface area contributed by atoms with Crippen LogP contribution in [-0.2, 0) is 39.3 Å². The normalized spacial score (nSPS) is 17.4. The van der Waals surface area contributed by atoms with Gasteiger partial charge in [-0.1, -0.05) is 67.9 Å². The molecule has 1 N–H and O–H groups in total. The quantitative estimate of drug-likeness (QED) is 0.607. The van der Waals surface area contributed by atoms with Gasteiger partial charge < -0.3 is 10.1 Å². The molecule has 1 fully saturated rings. The lowest BCUT2D eigenvalue weighted by molar-refractivity contribution is -0.125. The Morgan fingerprint density at radius 3 is 2.52 bits per heavy atom. The number of hydrogen-bond donors (Lipinski definition) is 1. The molecule has 0 aliphatic carbocycles. The van der Waals surface area contributed by atoms with Crippen molar-refractivity contribution in [3.63, 3.8) is 0 Å². The van der Waals surface area contributed by atoms with Gasteiger partial charge in [0, 0.05) is 13.1 Å². The monoisotopic (exact) mass is 444 g/mol. The fourth-order valence-electron chi connectivity index (χ4n) is 3.87. The highest BCUT2D eigenvalue weighted by molar-refractivity contribution is 7.89. The van der Waals surface area contributed by atoms with Crippen LogP contribution in [0.4, 0.5) is 0 Å². The van der Waals surface area contributed by atoms with Gasteiger partial charge >= 0.3 is 0 Å². The first-order valence-corrected chi connectivity index (χ1v) is 12.6. The van der Waals surface area contributed by atoms with E-state index in [1.165, 1.54) is 4.31 Å². The Morgan fingerprint density at radius 2 is 1.74 bits per heavy atom. The van der Waals surface area contributed by atoms with Gasteiger partial charge in [0.2, 0.25) is 15.9 Å². The SMILES string of the molecule is CCCS(=O)(=O)N1CCCCC1C(=O)NCc1cccc(COCc2ccccc2)c1. The summed E-state index contributed by atoms with van der Waals surface area (Å²) < 4.78 is 32.3. The van der Waals surface area contributed by atoms with Crippen molar-refractivity contribution in [2.75, 3.05) is 12.3 Å². The van der Waals surface area contributed by atoms with Crippen molar-refractivity contribution >= 4 is 15.9 Å². The highest BCUT2D eigenvalue weighted by Gasteiger charge is 2.35. The summed E-state index contributed by atoms with van der Waals surface area (Å²) in [5.41, 5.74) is 3.13. The van der Waals surface area contributed by atoms with Gasteiger partial charge in [0.15, 0.2) is 0 Å². The Bertz CT molecular complexity index is 947. The molecule has 1 amide bonds. The van der Waals surface area contributed by atoms with Gasteiger partial charge in [-0.3, -0.25) is 4.79 Å². The number of rotatable bonds is 10. The third-order valence-electron chi connectivity index (χ3n) is 5.41. The highest BCUT2D eigenvalue weighted by atomic mass is 32.2. The van der Waals surface area contributed by atoms with Crippen LogP contribution >= 0.6 is 0 Å². The molecule has 0 spiro atoms. The number of nitrogens with one attached hydrogen (secondary N) is 1. The maximum atomic E-state index is 12.8. The zero-order valence-corrected chi connectivity index (χ0v) is 18.9. The number of piperidine rings is 1. The Hall–Kier alpha value is -2.22. The number of hydrogen-bond acceptors (Lipinski definition) is 4. The van der Waals surface area contributed by atoms with E-state index in [9.17, 15) is 13.2 Å². The second-order valence-electron chi connectivity index (χ2n) is 7.95. The zero-order valence-electron chi connectivity index (χ0n) is 18.1. The van der Waals surface area contributed by atoms with E-state index in [1.807, 2.05) is 61.5 Å². The fraction of sp³-hybridized carbons (Fsp3) is 0.458. The number of amides is 1. The molecule has 2 aromatic rings. The van der Waals surface area contributed by atoms with E-state index in [0.717, 1.165) is 29.5 Å². The molecule has 6 nitrogen and oxygen atoms in total. The summed E-state index contributed by atoms with van der Waals surface area (Å²) in [7, 11) is -3.39. The molecular formula is C24H32N2O4S. The van der Waals surface area contributed by atoms with E-state index in [1.54, 1.807) is 0 Å². The molecule has 1 aliphatic rings. The first kappa shape index (κ1) is 23.4. The Labute approximate surface area is 185 Å². The molecule has 7 heteroatoms. The van der Waals surface area contributed by atoms with Crippen LogP contribution in [0.25, 0.3) is 0 Å². The smallest absolute Gasteiger partial charge is 0.238 e. The molecule has 3 rings (SSSR count). The van der Waals surface area contributed by atoms with E-state index < -0.39 is 16.1 Å². The maximum Gasteiger partial charge on any atom is 0.238 e. The molecule has 0 bridgehead atoms. The van der Waals surface area contributed by atoms with Crippen molar-refractivity contribution in [1.29, 1.82) is 0 Å². The van der Waals surface area contributed by atoms with Gasteiger partial charge in [0.25, 0.3) is 0 Å². The summed E-state index contributed by atoms with van der Waals surface area (Å²) in [6.45, 7) is 3.67. The van der Waals surface area contributed by atoms with Crippen molar-refractivity contribution in [1.82, 2.24) is 9.62 Å². The number of carbonyl (C=O) groups is 1. The van der Waals surface area contributed by atoms with Crippen molar-refractivity contribution in [3.05, 3.63) is 71.3 Å². The first-order chi connectivity index (χ1) is 15.0. The number of sulfonamides is 1. The summed E-state index contributed by atoms with van der Waals surface area (Å²) in [4.78, 5) is 12.8. The molecule has 31 heavy (non-hydrogen) atoms. The minimum atomic E-state index is -3.39. The van der Waals surface area contributed by atoms with Crippen LogP contribution in [0.2, 0.25) is 0 Å². The van der Waals surface area contributed by atoms with E-state index in [0.29, 0.717) is 39.1 Å².